The number of nitrogens with one attached hydrogen (secondary N) is 2. The van der Waals surface area contributed by atoms with E-state index in [0.717, 1.165) is 22.0 Å². The number of carbonyl (C=O) groups is 2. The average Bonchev–Trinajstić information content (AvgIpc) is 3.18. The molecule has 0 aliphatic carbocycles. The number of hydrogen-bond acceptors (Lipinski definition) is 5. The predicted molar refractivity (Wildman–Crippen MR) is 124 cm³/mol. The molecule has 0 saturated carbocycles. The lowest BCUT2D eigenvalue weighted by Gasteiger charge is -2.16. The largest absolute Gasteiger partial charge is 0.483 e. The van der Waals surface area contributed by atoms with Crippen molar-refractivity contribution in [1.82, 2.24) is 10.3 Å². The summed E-state index contributed by atoms with van der Waals surface area (Å²) in [5.74, 6) is -1.31. The van der Waals surface area contributed by atoms with Crippen LogP contribution in [0.2, 0.25) is 0 Å². The number of carbonyl (C=O) groups excluding carboxylic acids is 1. The number of benzene rings is 2. The maximum atomic E-state index is 12.6. The molecule has 1 atom stereocenters. The fourth-order valence-electron chi connectivity index (χ4n) is 3.90. The van der Waals surface area contributed by atoms with Crippen LogP contribution in [0.5, 0.6) is 5.75 Å². The summed E-state index contributed by atoms with van der Waals surface area (Å²) >= 11 is 0. The summed E-state index contributed by atoms with van der Waals surface area (Å²) < 4.78 is 11.1. The lowest BCUT2D eigenvalue weighted by molar-refractivity contribution is -0.142. The van der Waals surface area contributed by atoms with Crippen LogP contribution in [0.15, 0.2) is 51.8 Å². The molecule has 2 heterocycles. The molecule has 2 aromatic carbocycles. The van der Waals surface area contributed by atoms with Crippen molar-refractivity contribution in [3.63, 3.8) is 0 Å². The molecule has 4 rings (SSSR count). The van der Waals surface area contributed by atoms with E-state index in [1.165, 1.54) is 0 Å². The molecule has 0 aliphatic rings. The van der Waals surface area contributed by atoms with Gasteiger partial charge in [-0.25, -0.2) is 9.59 Å². The van der Waals surface area contributed by atoms with Crippen LogP contribution in [-0.4, -0.2) is 34.6 Å². The normalized spacial score (nSPS) is 12.1. The number of aromatic nitrogens is 1. The maximum absolute atomic E-state index is 12.6. The fraction of sp³-hybridized carbons (Fsp3) is 0.240. The van der Waals surface area contributed by atoms with E-state index in [9.17, 15) is 19.5 Å². The van der Waals surface area contributed by atoms with Crippen molar-refractivity contribution >= 4 is 33.7 Å². The highest BCUT2D eigenvalue weighted by Crippen LogP contribution is 2.30. The summed E-state index contributed by atoms with van der Waals surface area (Å²) in [4.78, 5) is 39.5. The highest BCUT2D eigenvalue weighted by atomic mass is 16.5. The SMILES string of the molecule is Cc1cc(OCC(=O)N[C@@H](Cc2c[nH]c3ccccc23)C(=O)O)c2c(C)c(C)c(=O)oc2c1. The monoisotopic (exact) mass is 448 g/mol. The molecule has 0 unspecified atom stereocenters. The van der Waals surface area contributed by atoms with E-state index in [1.54, 1.807) is 32.2 Å². The summed E-state index contributed by atoms with van der Waals surface area (Å²) in [7, 11) is 0. The summed E-state index contributed by atoms with van der Waals surface area (Å²) in [6.45, 7) is 4.90. The molecular weight excluding hydrogens is 424 g/mol. The number of fused-ring (bicyclic) bond motifs is 2. The number of aliphatic carboxylic acids is 1. The Labute approximate surface area is 189 Å². The zero-order valence-electron chi connectivity index (χ0n) is 18.5. The van der Waals surface area contributed by atoms with E-state index < -0.39 is 23.5 Å². The van der Waals surface area contributed by atoms with Crippen LogP contribution < -0.4 is 15.7 Å². The first-order valence-corrected chi connectivity index (χ1v) is 10.5. The van der Waals surface area contributed by atoms with Gasteiger partial charge >= 0.3 is 11.6 Å². The van der Waals surface area contributed by atoms with E-state index in [0.29, 0.717) is 27.8 Å². The molecule has 33 heavy (non-hydrogen) atoms. The van der Waals surface area contributed by atoms with E-state index in [4.69, 9.17) is 9.15 Å². The van der Waals surface area contributed by atoms with E-state index in [-0.39, 0.29) is 13.0 Å². The molecule has 8 heteroatoms. The number of amides is 1. The highest BCUT2D eigenvalue weighted by Gasteiger charge is 2.22. The molecule has 1 amide bonds. The molecule has 3 N–H and O–H groups in total. The Balaban J connectivity index is 1.51. The number of H-pyrrole nitrogens is 1. The van der Waals surface area contributed by atoms with Crippen molar-refractivity contribution in [2.45, 2.75) is 33.2 Å². The van der Waals surface area contributed by atoms with Gasteiger partial charge in [-0.15, -0.1) is 0 Å². The van der Waals surface area contributed by atoms with Crippen molar-refractivity contribution in [1.29, 1.82) is 0 Å². The van der Waals surface area contributed by atoms with Gasteiger partial charge in [0.25, 0.3) is 5.91 Å². The van der Waals surface area contributed by atoms with Crippen LogP contribution in [-0.2, 0) is 16.0 Å². The predicted octanol–water partition coefficient (Wildman–Crippen LogP) is 3.39. The number of carboxylic acids is 1. The Morgan fingerprint density at radius 2 is 1.91 bits per heavy atom. The molecule has 2 aromatic heterocycles. The molecule has 0 bridgehead atoms. The molecule has 4 aromatic rings. The first kappa shape index (κ1) is 22.1. The third kappa shape index (κ3) is 4.45. The number of aryl methyl sites for hydroxylation is 2. The van der Waals surface area contributed by atoms with Gasteiger partial charge in [-0.1, -0.05) is 18.2 Å². The van der Waals surface area contributed by atoms with Gasteiger partial charge in [-0.2, -0.15) is 0 Å². The van der Waals surface area contributed by atoms with Gasteiger partial charge in [0.15, 0.2) is 6.61 Å². The standard InChI is InChI=1S/C25H24N2O6/c1-13-8-20(23-14(2)15(3)25(31)33-21(23)9-13)32-12-22(28)27-19(24(29)30)10-16-11-26-18-7-5-4-6-17(16)18/h4-9,11,19,26H,10,12H2,1-3H3,(H,27,28)(H,29,30)/t19-/m0/s1. The minimum atomic E-state index is -1.14. The third-order valence-electron chi connectivity index (χ3n) is 5.75. The molecule has 170 valence electrons. The summed E-state index contributed by atoms with van der Waals surface area (Å²) in [6.07, 6.45) is 1.88. The minimum Gasteiger partial charge on any atom is -0.483 e. The van der Waals surface area contributed by atoms with Crippen LogP contribution in [0.1, 0.15) is 22.3 Å². The molecule has 0 saturated heterocycles. The Morgan fingerprint density at radius 1 is 1.15 bits per heavy atom. The second kappa shape index (κ2) is 8.82. The highest BCUT2D eigenvalue weighted by molar-refractivity contribution is 5.90. The Morgan fingerprint density at radius 3 is 2.67 bits per heavy atom. The van der Waals surface area contributed by atoms with Gasteiger partial charge in [0.1, 0.15) is 17.4 Å². The smallest absolute Gasteiger partial charge is 0.339 e. The zero-order chi connectivity index (χ0) is 23.7. The lowest BCUT2D eigenvalue weighted by Crippen LogP contribution is -2.44. The van der Waals surface area contributed by atoms with Crippen molar-refractivity contribution in [3.8, 4) is 5.75 Å². The molecule has 8 nitrogen and oxygen atoms in total. The summed E-state index contributed by atoms with van der Waals surface area (Å²) in [5, 5.41) is 13.7. The van der Waals surface area contributed by atoms with E-state index in [1.807, 2.05) is 31.2 Å². The Bertz CT molecular complexity index is 1430. The number of ether oxygens (including phenoxy) is 1. The molecule has 0 spiro atoms. The number of carboxylic acid groups (broad SMARTS) is 1. The van der Waals surface area contributed by atoms with Crippen molar-refractivity contribution in [3.05, 3.63) is 75.3 Å². The van der Waals surface area contributed by atoms with Crippen molar-refractivity contribution < 1.29 is 23.8 Å². The maximum Gasteiger partial charge on any atom is 0.339 e. The molecule has 0 aliphatic heterocycles. The zero-order valence-corrected chi connectivity index (χ0v) is 18.5. The van der Waals surface area contributed by atoms with Gasteiger partial charge < -0.3 is 24.6 Å². The number of rotatable bonds is 7. The number of aromatic amines is 1. The average molecular weight is 448 g/mol. The van der Waals surface area contributed by atoms with Crippen LogP contribution in [0.25, 0.3) is 21.9 Å². The van der Waals surface area contributed by atoms with Gasteiger partial charge in [-0.3, -0.25) is 4.79 Å². The van der Waals surface area contributed by atoms with Gasteiger partial charge in [0, 0.05) is 29.1 Å². The van der Waals surface area contributed by atoms with Gasteiger partial charge in [0.05, 0.1) is 5.39 Å². The molecule has 0 radical (unpaired) electrons. The van der Waals surface area contributed by atoms with Crippen LogP contribution >= 0.6 is 0 Å². The quantitative estimate of drug-likeness (QED) is 0.373. The fourth-order valence-corrected chi connectivity index (χ4v) is 3.90. The Hall–Kier alpha value is -4.07. The number of hydrogen-bond donors (Lipinski definition) is 3. The van der Waals surface area contributed by atoms with E-state index >= 15 is 0 Å². The van der Waals surface area contributed by atoms with Gasteiger partial charge in [0.2, 0.25) is 0 Å². The topological polar surface area (TPSA) is 122 Å². The van der Waals surface area contributed by atoms with Crippen LogP contribution in [0.3, 0.4) is 0 Å². The Kier molecular flexibility index (Phi) is 5.91. The van der Waals surface area contributed by atoms with Crippen LogP contribution in [0.4, 0.5) is 0 Å². The van der Waals surface area contributed by atoms with Crippen molar-refractivity contribution in [2.75, 3.05) is 6.61 Å². The van der Waals surface area contributed by atoms with Gasteiger partial charge in [-0.05, 0) is 55.7 Å². The van der Waals surface area contributed by atoms with Crippen molar-refractivity contribution in [2.24, 2.45) is 0 Å². The lowest BCUT2D eigenvalue weighted by atomic mass is 10.0. The van der Waals surface area contributed by atoms with Crippen LogP contribution in [0, 0.1) is 20.8 Å². The minimum absolute atomic E-state index is 0.127. The summed E-state index contributed by atoms with van der Waals surface area (Å²) in [5.41, 5.74) is 3.62. The first-order valence-electron chi connectivity index (χ1n) is 10.5. The molecule has 0 fully saturated rings. The second-order valence-electron chi connectivity index (χ2n) is 8.09. The number of para-hydroxylation sites is 1. The first-order chi connectivity index (χ1) is 15.7. The summed E-state index contributed by atoms with van der Waals surface area (Å²) in [6, 6.07) is 9.94. The third-order valence-corrected chi connectivity index (χ3v) is 5.75. The second-order valence-corrected chi connectivity index (χ2v) is 8.09. The molecular formula is C25H24N2O6. The van der Waals surface area contributed by atoms with E-state index in [2.05, 4.69) is 10.3 Å².